The number of methoxy groups -OCH3 is 1. The van der Waals surface area contributed by atoms with Crippen molar-refractivity contribution >= 4 is 34.3 Å². The zero-order valence-electron chi connectivity index (χ0n) is 17.4. The lowest BCUT2D eigenvalue weighted by molar-refractivity contribution is 0.147. The van der Waals surface area contributed by atoms with Gasteiger partial charge in [0.05, 0.1) is 18.7 Å². The third kappa shape index (κ3) is 3.63. The highest BCUT2D eigenvalue weighted by Crippen LogP contribution is 2.40. The first-order chi connectivity index (χ1) is 15.7. The number of nitrogens with zero attached hydrogens (tertiary/aromatic N) is 3. The lowest BCUT2D eigenvalue weighted by Gasteiger charge is -2.17. The molecule has 32 heavy (non-hydrogen) atoms. The quantitative estimate of drug-likeness (QED) is 0.383. The number of ether oxygens (including phenoxy) is 2. The standard InChI is InChI=1S/C25H20ClN3O3/c1-31-21-13-7-11-18-22(21)27-24(28-23(18)26)19-14-29(20-12-6-5-10-17(19)20)25(30)32-15-16-8-3-2-4-9-16/h2-13,19H,14-15H2,1H3. The largest absolute Gasteiger partial charge is 0.494 e. The molecule has 5 rings (SSSR count). The summed E-state index contributed by atoms with van der Waals surface area (Å²) in [6.45, 7) is 0.572. The molecule has 0 N–H and O–H groups in total. The number of carbonyl (C=O) groups is 1. The van der Waals surface area contributed by atoms with E-state index in [1.54, 1.807) is 12.0 Å². The number of benzene rings is 3. The summed E-state index contributed by atoms with van der Waals surface area (Å²) in [5.74, 6) is 0.929. The molecular formula is C25H20ClN3O3. The van der Waals surface area contributed by atoms with E-state index in [9.17, 15) is 4.79 Å². The van der Waals surface area contributed by atoms with Gasteiger partial charge in [-0.25, -0.2) is 14.8 Å². The summed E-state index contributed by atoms with van der Waals surface area (Å²) in [7, 11) is 1.60. The molecule has 160 valence electrons. The van der Waals surface area contributed by atoms with Gasteiger partial charge in [0.2, 0.25) is 0 Å². The predicted octanol–water partition coefficient (Wildman–Crippen LogP) is 5.58. The second-order valence-corrected chi connectivity index (χ2v) is 7.85. The molecule has 3 aromatic carbocycles. The summed E-state index contributed by atoms with van der Waals surface area (Å²) < 4.78 is 11.1. The molecule has 0 aliphatic carbocycles. The van der Waals surface area contributed by atoms with Gasteiger partial charge in [-0.1, -0.05) is 66.2 Å². The predicted molar refractivity (Wildman–Crippen MR) is 123 cm³/mol. The Kier molecular flexibility index (Phi) is 5.37. The highest BCUT2D eigenvalue weighted by molar-refractivity contribution is 6.34. The van der Waals surface area contributed by atoms with Gasteiger partial charge in [0, 0.05) is 11.9 Å². The molecule has 1 aliphatic heterocycles. The summed E-state index contributed by atoms with van der Waals surface area (Å²) in [6, 6.07) is 22.9. The molecule has 0 spiro atoms. The first-order valence-corrected chi connectivity index (χ1v) is 10.6. The van der Waals surface area contributed by atoms with Crippen LogP contribution in [0.5, 0.6) is 5.75 Å². The Morgan fingerprint density at radius 1 is 1.03 bits per heavy atom. The van der Waals surface area contributed by atoms with Gasteiger partial charge in [-0.3, -0.25) is 4.90 Å². The number of hydrogen-bond acceptors (Lipinski definition) is 5. The second kappa shape index (κ2) is 8.48. The van der Waals surface area contributed by atoms with Crippen molar-refractivity contribution in [3.05, 3.63) is 94.9 Å². The molecule has 1 atom stereocenters. The topological polar surface area (TPSA) is 64.5 Å². The summed E-state index contributed by atoms with van der Waals surface area (Å²) in [4.78, 5) is 23.9. The monoisotopic (exact) mass is 445 g/mol. The number of anilines is 1. The first-order valence-electron chi connectivity index (χ1n) is 10.2. The molecular weight excluding hydrogens is 426 g/mol. The normalized spacial score (nSPS) is 14.9. The van der Waals surface area contributed by atoms with Crippen LogP contribution in [-0.4, -0.2) is 29.7 Å². The van der Waals surface area contributed by atoms with Crippen LogP contribution in [0.4, 0.5) is 10.5 Å². The number of carbonyl (C=O) groups excluding carboxylic acids is 1. The zero-order valence-corrected chi connectivity index (χ0v) is 18.1. The lowest BCUT2D eigenvalue weighted by Crippen LogP contribution is -2.30. The number of para-hydroxylation sites is 2. The number of aromatic nitrogens is 2. The number of rotatable bonds is 4. The van der Waals surface area contributed by atoms with Gasteiger partial charge in [0.1, 0.15) is 28.9 Å². The van der Waals surface area contributed by atoms with E-state index in [-0.39, 0.29) is 12.5 Å². The molecule has 4 aromatic rings. The van der Waals surface area contributed by atoms with E-state index in [2.05, 4.69) is 4.98 Å². The van der Waals surface area contributed by atoms with Gasteiger partial charge in [-0.2, -0.15) is 0 Å². The number of fused-ring (bicyclic) bond motifs is 2. The molecule has 1 aromatic heterocycles. The van der Waals surface area contributed by atoms with Crippen LogP contribution in [0.3, 0.4) is 0 Å². The highest BCUT2D eigenvalue weighted by atomic mass is 35.5. The summed E-state index contributed by atoms with van der Waals surface area (Å²) >= 11 is 6.50. The van der Waals surface area contributed by atoms with Crippen molar-refractivity contribution in [3.8, 4) is 5.75 Å². The van der Waals surface area contributed by atoms with E-state index in [1.807, 2.05) is 72.8 Å². The Morgan fingerprint density at radius 2 is 1.81 bits per heavy atom. The van der Waals surface area contributed by atoms with Crippen LogP contribution in [0.1, 0.15) is 22.9 Å². The van der Waals surface area contributed by atoms with Gasteiger partial charge < -0.3 is 9.47 Å². The molecule has 1 amide bonds. The molecule has 2 heterocycles. The van der Waals surface area contributed by atoms with Crippen LogP contribution < -0.4 is 9.64 Å². The van der Waals surface area contributed by atoms with Crippen molar-refractivity contribution in [3.63, 3.8) is 0 Å². The minimum Gasteiger partial charge on any atom is -0.494 e. The highest BCUT2D eigenvalue weighted by Gasteiger charge is 2.36. The van der Waals surface area contributed by atoms with Crippen molar-refractivity contribution in [2.45, 2.75) is 12.5 Å². The number of halogens is 1. The van der Waals surface area contributed by atoms with Crippen LogP contribution in [0.15, 0.2) is 72.8 Å². The minimum absolute atomic E-state index is 0.207. The lowest BCUT2D eigenvalue weighted by atomic mass is 10.0. The molecule has 0 saturated heterocycles. The zero-order chi connectivity index (χ0) is 22.1. The van der Waals surface area contributed by atoms with E-state index >= 15 is 0 Å². The van der Waals surface area contributed by atoms with Crippen LogP contribution in [0.2, 0.25) is 5.15 Å². The van der Waals surface area contributed by atoms with Crippen molar-refractivity contribution in [1.29, 1.82) is 0 Å². The Hall–Kier alpha value is -3.64. The number of amides is 1. The molecule has 7 heteroatoms. The third-order valence-corrected chi connectivity index (χ3v) is 5.87. The van der Waals surface area contributed by atoms with E-state index < -0.39 is 6.09 Å². The molecule has 1 aliphatic rings. The fourth-order valence-electron chi connectivity index (χ4n) is 4.02. The summed E-state index contributed by atoms with van der Waals surface area (Å²) in [6.07, 6.45) is -0.409. The van der Waals surface area contributed by atoms with Gasteiger partial charge >= 0.3 is 6.09 Å². The maximum absolute atomic E-state index is 13.0. The van der Waals surface area contributed by atoms with Crippen molar-refractivity contribution < 1.29 is 14.3 Å². The maximum atomic E-state index is 13.0. The van der Waals surface area contributed by atoms with Crippen LogP contribution >= 0.6 is 11.6 Å². The van der Waals surface area contributed by atoms with Gasteiger partial charge in [0.15, 0.2) is 0 Å². The Labute approximate surface area is 190 Å². The average molecular weight is 446 g/mol. The number of hydrogen-bond donors (Lipinski definition) is 0. The fourth-order valence-corrected chi connectivity index (χ4v) is 4.26. The van der Waals surface area contributed by atoms with Crippen LogP contribution in [0, 0.1) is 0 Å². The maximum Gasteiger partial charge on any atom is 0.414 e. The molecule has 0 bridgehead atoms. The molecule has 6 nitrogen and oxygen atoms in total. The smallest absolute Gasteiger partial charge is 0.414 e. The van der Waals surface area contributed by atoms with E-state index in [4.69, 9.17) is 26.1 Å². The Bertz CT molecular complexity index is 1300. The van der Waals surface area contributed by atoms with Gasteiger partial charge in [-0.05, 0) is 29.3 Å². The van der Waals surface area contributed by atoms with Crippen LogP contribution in [0.25, 0.3) is 10.9 Å². The SMILES string of the molecule is COc1cccc2c(Cl)nc(C3CN(C(=O)OCc4ccccc4)c4ccccc43)nc12. The molecule has 0 radical (unpaired) electrons. The van der Waals surface area contributed by atoms with Gasteiger partial charge in [-0.15, -0.1) is 0 Å². The molecule has 0 saturated carbocycles. The first kappa shape index (κ1) is 20.3. The van der Waals surface area contributed by atoms with E-state index in [0.717, 1.165) is 22.2 Å². The summed E-state index contributed by atoms with van der Waals surface area (Å²) in [5.41, 5.74) is 3.32. The Balaban J connectivity index is 1.48. The second-order valence-electron chi connectivity index (χ2n) is 7.49. The van der Waals surface area contributed by atoms with E-state index in [0.29, 0.717) is 28.8 Å². The average Bonchev–Trinajstić information content (AvgIpc) is 3.23. The van der Waals surface area contributed by atoms with Crippen molar-refractivity contribution in [2.24, 2.45) is 0 Å². The van der Waals surface area contributed by atoms with Gasteiger partial charge in [0.25, 0.3) is 0 Å². The minimum atomic E-state index is -0.409. The Morgan fingerprint density at radius 3 is 2.62 bits per heavy atom. The third-order valence-electron chi connectivity index (χ3n) is 5.59. The molecule has 0 fully saturated rings. The van der Waals surface area contributed by atoms with E-state index in [1.165, 1.54) is 0 Å². The van der Waals surface area contributed by atoms with Crippen molar-refractivity contribution in [1.82, 2.24) is 9.97 Å². The molecule has 1 unspecified atom stereocenters. The fraction of sp³-hybridized carbons (Fsp3) is 0.160. The summed E-state index contributed by atoms with van der Waals surface area (Å²) in [5, 5.41) is 1.08. The van der Waals surface area contributed by atoms with Crippen LogP contribution in [-0.2, 0) is 11.3 Å². The van der Waals surface area contributed by atoms with Crippen molar-refractivity contribution in [2.75, 3.05) is 18.6 Å².